The van der Waals surface area contributed by atoms with Crippen LogP contribution in [0.2, 0.25) is 0 Å². The molecule has 1 heterocycles. The normalized spacial score (nSPS) is 34.1. The molecule has 6 nitrogen and oxygen atoms in total. The van der Waals surface area contributed by atoms with E-state index in [0.29, 0.717) is 0 Å². The van der Waals surface area contributed by atoms with Gasteiger partial charge in [0.05, 0.1) is 13.2 Å². The van der Waals surface area contributed by atoms with E-state index in [-0.39, 0.29) is 13.2 Å². The third kappa shape index (κ3) is 3.54. The topological polar surface area (TPSA) is 88.4 Å². The third-order valence-electron chi connectivity index (χ3n) is 3.26. The molecule has 0 bridgehead atoms. The van der Waals surface area contributed by atoms with Crippen molar-refractivity contribution in [3.8, 4) is 0 Å². The van der Waals surface area contributed by atoms with Crippen molar-refractivity contribution in [1.29, 1.82) is 0 Å². The first-order chi connectivity index (χ1) is 9.63. The molecule has 1 aromatic carbocycles. The molecule has 1 aromatic rings. The molecule has 1 fully saturated rings. The van der Waals surface area contributed by atoms with Crippen molar-refractivity contribution in [2.45, 2.75) is 37.3 Å². The Morgan fingerprint density at radius 1 is 1.05 bits per heavy atom. The zero-order valence-corrected chi connectivity index (χ0v) is 11.3. The molecule has 3 N–H and O–H groups in total. The van der Waals surface area contributed by atoms with Crippen molar-refractivity contribution in [1.82, 2.24) is 0 Å². The third-order valence-corrected chi connectivity index (χ3v) is 3.26. The molecule has 1 aliphatic heterocycles. The molecular formula is C14H20O6. The van der Waals surface area contributed by atoms with Gasteiger partial charge in [-0.25, -0.2) is 0 Å². The van der Waals surface area contributed by atoms with Gasteiger partial charge >= 0.3 is 0 Å². The van der Waals surface area contributed by atoms with Gasteiger partial charge in [-0.15, -0.1) is 0 Å². The Morgan fingerprint density at radius 2 is 1.75 bits per heavy atom. The molecule has 1 saturated heterocycles. The Morgan fingerprint density at radius 3 is 2.40 bits per heavy atom. The van der Waals surface area contributed by atoms with E-state index in [4.69, 9.17) is 14.2 Å². The highest BCUT2D eigenvalue weighted by Gasteiger charge is 2.44. The molecule has 0 aliphatic carbocycles. The van der Waals surface area contributed by atoms with Gasteiger partial charge in [-0.05, 0) is 5.56 Å². The largest absolute Gasteiger partial charge is 0.387 e. The van der Waals surface area contributed by atoms with Gasteiger partial charge in [0.25, 0.3) is 0 Å². The van der Waals surface area contributed by atoms with Crippen LogP contribution in [0.5, 0.6) is 0 Å². The number of benzene rings is 1. The SMILES string of the molecule is COC[C@H]1O[C@H](OCc2ccccc2)[C@H](O)[C@@H](O)[C@@H]1O. The van der Waals surface area contributed by atoms with E-state index in [1.165, 1.54) is 7.11 Å². The Bertz CT molecular complexity index is 398. The lowest BCUT2D eigenvalue weighted by Gasteiger charge is -2.40. The van der Waals surface area contributed by atoms with E-state index >= 15 is 0 Å². The lowest BCUT2D eigenvalue weighted by molar-refractivity contribution is -0.305. The summed E-state index contributed by atoms with van der Waals surface area (Å²) in [5, 5.41) is 29.4. The maximum absolute atomic E-state index is 9.87. The van der Waals surface area contributed by atoms with Crippen LogP contribution >= 0.6 is 0 Å². The molecule has 0 aromatic heterocycles. The van der Waals surface area contributed by atoms with E-state index in [9.17, 15) is 15.3 Å². The second-order valence-electron chi connectivity index (χ2n) is 4.77. The number of hydrogen-bond acceptors (Lipinski definition) is 6. The summed E-state index contributed by atoms with van der Waals surface area (Å²) in [6, 6.07) is 9.41. The van der Waals surface area contributed by atoms with Gasteiger partial charge in [-0.3, -0.25) is 0 Å². The monoisotopic (exact) mass is 284 g/mol. The molecule has 2 rings (SSSR count). The van der Waals surface area contributed by atoms with Crippen molar-refractivity contribution in [2.24, 2.45) is 0 Å². The van der Waals surface area contributed by atoms with Gasteiger partial charge in [-0.1, -0.05) is 30.3 Å². The van der Waals surface area contributed by atoms with Gasteiger partial charge < -0.3 is 29.5 Å². The first-order valence-electron chi connectivity index (χ1n) is 6.47. The van der Waals surface area contributed by atoms with Crippen LogP contribution in [0.4, 0.5) is 0 Å². The highest BCUT2D eigenvalue weighted by Crippen LogP contribution is 2.23. The molecular weight excluding hydrogens is 264 g/mol. The van der Waals surface area contributed by atoms with Gasteiger partial charge in [0.15, 0.2) is 6.29 Å². The minimum Gasteiger partial charge on any atom is -0.387 e. The van der Waals surface area contributed by atoms with Crippen LogP contribution in [0.1, 0.15) is 5.56 Å². The quantitative estimate of drug-likeness (QED) is 0.685. The lowest BCUT2D eigenvalue weighted by Crippen LogP contribution is -2.59. The zero-order valence-electron chi connectivity index (χ0n) is 11.3. The highest BCUT2D eigenvalue weighted by atomic mass is 16.7. The smallest absolute Gasteiger partial charge is 0.187 e. The maximum Gasteiger partial charge on any atom is 0.187 e. The fraction of sp³-hybridized carbons (Fsp3) is 0.571. The van der Waals surface area contributed by atoms with E-state index in [0.717, 1.165) is 5.56 Å². The standard InChI is InChI=1S/C14H20O6/c1-18-8-10-11(15)12(16)13(17)14(20-10)19-7-9-5-3-2-4-6-9/h2-6,10-17H,7-8H2,1H3/t10-,11-,12+,13-,14+/m1/s1. The van der Waals surface area contributed by atoms with Gasteiger partial charge in [0.2, 0.25) is 0 Å². The number of methoxy groups -OCH3 is 1. The fourth-order valence-corrected chi connectivity index (χ4v) is 2.11. The number of ether oxygens (including phenoxy) is 3. The Kier molecular flexibility index (Phi) is 5.47. The number of hydrogen-bond donors (Lipinski definition) is 3. The summed E-state index contributed by atoms with van der Waals surface area (Å²) in [5.74, 6) is 0. The molecule has 0 radical (unpaired) electrons. The summed E-state index contributed by atoms with van der Waals surface area (Å²) in [6.07, 6.45) is -5.58. The van der Waals surface area contributed by atoms with Crippen LogP contribution in [0.3, 0.4) is 0 Å². The van der Waals surface area contributed by atoms with Crippen molar-refractivity contribution < 1.29 is 29.5 Å². The average molecular weight is 284 g/mol. The molecule has 6 heteroatoms. The summed E-state index contributed by atoms with van der Waals surface area (Å²) in [7, 11) is 1.47. The van der Waals surface area contributed by atoms with Crippen LogP contribution in [0.15, 0.2) is 30.3 Å². The lowest BCUT2D eigenvalue weighted by atomic mass is 9.99. The molecule has 5 atom stereocenters. The Hall–Kier alpha value is -1.02. The fourth-order valence-electron chi connectivity index (χ4n) is 2.11. The van der Waals surface area contributed by atoms with Gasteiger partial charge in [-0.2, -0.15) is 0 Å². The summed E-state index contributed by atoms with van der Waals surface area (Å²) < 4.78 is 15.8. The maximum atomic E-state index is 9.87. The molecule has 112 valence electrons. The number of rotatable bonds is 5. The van der Waals surface area contributed by atoms with Crippen LogP contribution < -0.4 is 0 Å². The number of aliphatic hydroxyl groups excluding tert-OH is 3. The van der Waals surface area contributed by atoms with Crippen molar-refractivity contribution in [3.63, 3.8) is 0 Å². The van der Waals surface area contributed by atoms with E-state index in [1.807, 2.05) is 30.3 Å². The Labute approximate surface area is 117 Å². The zero-order chi connectivity index (χ0) is 14.5. The molecule has 0 spiro atoms. The van der Waals surface area contributed by atoms with E-state index in [2.05, 4.69) is 0 Å². The van der Waals surface area contributed by atoms with Crippen LogP contribution in [-0.4, -0.2) is 59.7 Å². The van der Waals surface area contributed by atoms with Crippen LogP contribution in [0.25, 0.3) is 0 Å². The number of aliphatic hydroxyl groups is 3. The van der Waals surface area contributed by atoms with Gasteiger partial charge in [0, 0.05) is 7.11 Å². The van der Waals surface area contributed by atoms with Crippen molar-refractivity contribution >= 4 is 0 Å². The van der Waals surface area contributed by atoms with E-state index in [1.54, 1.807) is 0 Å². The predicted molar refractivity (Wildman–Crippen MR) is 69.8 cm³/mol. The van der Waals surface area contributed by atoms with Crippen molar-refractivity contribution in [2.75, 3.05) is 13.7 Å². The molecule has 20 heavy (non-hydrogen) atoms. The van der Waals surface area contributed by atoms with Crippen LogP contribution in [-0.2, 0) is 20.8 Å². The van der Waals surface area contributed by atoms with Crippen LogP contribution in [0, 0.1) is 0 Å². The van der Waals surface area contributed by atoms with Crippen molar-refractivity contribution in [3.05, 3.63) is 35.9 Å². The molecule has 0 amide bonds. The molecule has 1 aliphatic rings. The molecule has 0 unspecified atom stereocenters. The second-order valence-corrected chi connectivity index (χ2v) is 4.77. The minimum atomic E-state index is -1.33. The molecule has 0 saturated carbocycles. The first kappa shape index (κ1) is 15.4. The summed E-state index contributed by atoms with van der Waals surface area (Å²) >= 11 is 0. The Balaban J connectivity index is 1.95. The highest BCUT2D eigenvalue weighted by molar-refractivity contribution is 5.13. The van der Waals surface area contributed by atoms with E-state index < -0.39 is 30.7 Å². The summed E-state index contributed by atoms with van der Waals surface area (Å²) in [5.41, 5.74) is 0.923. The minimum absolute atomic E-state index is 0.107. The summed E-state index contributed by atoms with van der Waals surface area (Å²) in [6.45, 7) is 0.348. The summed E-state index contributed by atoms with van der Waals surface area (Å²) in [4.78, 5) is 0. The first-order valence-corrected chi connectivity index (χ1v) is 6.47. The second kappa shape index (κ2) is 7.12. The predicted octanol–water partition coefficient (Wildman–Crippen LogP) is -0.343. The average Bonchev–Trinajstić information content (AvgIpc) is 2.48. The van der Waals surface area contributed by atoms with Gasteiger partial charge in [0.1, 0.15) is 24.4 Å².